The molecule has 2 aliphatic carbocycles. The van der Waals surface area contributed by atoms with Crippen LogP contribution in [0.25, 0.3) is 0 Å². The molecule has 0 saturated heterocycles. The lowest BCUT2D eigenvalue weighted by molar-refractivity contribution is -0.148. The predicted octanol–water partition coefficient (Wildman–Crippen LogP) is 2.07. The fourth-order valence-electron chi connectivity index (χ4n) is 3.60. The lowest BCUT2D eigenvalue weighted by atomic mass is 9.84. The van der Waals surface area contributed by atoms with Gasteiger partial charge in [-0.1, -0.05) is 0 Å². The molecule has 19 heavy (non-hydrogen) atoms. The first-order chi connectivity index (χ1) is 9.20. The van der Waals surface area contributed by atoms with Crippen molar-refractivity contribution in [3.8, 4) is 0 Å². The highest BCUT2D eigenvalue weighted by molar-refractivity contribution is 7.08. The molecule has 0 radical (unpaired) electrons. The largest absolute Gasteiger partial charge is 0.469 e. The number of nitrogens with one attached hydrogen (secondary N) is 1. The maximum absolute atomic E-state index is 12.1. The van der Waals surface area contributed by atoms with E-state index in [0.29, 0.717) is 17.4 Å². The standard InChI is InChI=1S/C14H17NO3S/c1-18-14(17)11-8-2-3-9(6-8)12(11)15-13(16)10-4-5-19-7-10/h4-5,7-9,11-12H,2-3,6H2,1H3,(H,15,16)/t8-,9-,11+,12+/m0/s1. The molecule has 102 valence electrons. The maximum Gasteiger partial charge on any atom is 0.311 e. The van der Waals surface area contributed by atoms with E-state index in [9.17, 15) is 9.59 Å². The third-order valence-electron chi connectivity index (χ3n) is 4.47. The summed E-state index contributed by atoms with van der Waals surface area (Å²) in [7, 11) is 1.42. The van der Waals surface area contributed by atoms with Gasteiger partial charge in [-0.05, 0) is 42.5 Å². The Bertz CT molecular complexity index is 485. The number of hydrogen-bond donors (Lipinski definition) is 1. The summed E-state index contributed by atoms with van der Waals surface area (Å²) in [6.07, 6.45) is 3.22. The highest BCUT2D eigenvalue weighted by Crippen LogP contribution is 2.49. The number of ether oxygens (including phenoxy) is 1. The van der Waals surface area contributed by atoms with Crippen molar-refractivity contribution in [2.75, 3.05) is 7.11 Å². The number of rotatable bonds is 3. The number of amides is 1. The molecule has 0 spiro atoms. The maximum atomic E-state index is 12.1. The van der Waals surface area contributed by atoms with Crippen LogP contribution in [-0.4, -0.2) is 25.0 Å². The van der Waals surface area contributed by atoms with E-state index in [0.717, 1.165) is 19.3 Å². The van der Waals surface area contributed by atoms with E-state index in [2.05, 4.69) is 5.32 Å². The summed E-state index contributed by atoms with van der Waals surface area (Å²) in [6, 6.07) is 1.75. The Hall–Kier alpha value is -1.36. The predicted molar refractivity (Wildman–Crippen MR) is 71.9 cm³/mol. The molecule has 1 N–H and O–H groups in total. The zero-order chi connectivity index (χ0) is 13.4. The van der Waals surface area contributed by atoms with Crippen LogP contribution in [0, 0.1) is 17.8 Å². The summed E-state index contributed by atoms with van der Waals surface area (Å²) >= 11 is 1.50. The fraction of sp³-hybridized carbons (Fsp3) is 0.571. The second-order valence-corrected chi connectivity index (χ2v) is 6.17. The summed E-state index contributed by atoms with van der Waals surface area (Å²) in [5, 5.41) is 6.76. The molecular formula is C14H17NO3S. The van der Waals surface area contributed by atoms with Crippen LogP contribution in [0.15, 0.2) is 16.8 Å². The zero-order valence-electron chi connectivity index (χ0n) is 10.8. The lowest BCUT2D eigenvalue weighted by Gasteiger charge is -2.29. The number of esters is 1. The molecule has 0 aliphatic heterocycles. The van der Waals surface area contributed by atoms with Crippen molar-refractivity contribution >= 4 is 23.2 Å². The molecule has 5 heteroatoms. The Balaban J connectivity index is 1.75. The minimum absolute atomic E-state index is 0.0569. The molecular weight excluding hydrogens is 262 g/mol. The van der Waals surface area contributed by atoms with E-state index < -0.39 is 0 Å². The van der Waals surface area contributed by atoms with E-state index >= 15 is 0 Å². The summed E-state index contributed by atoms with van der Waals surface area (Å²) in [6.45, 7) is 0. The second-order valence-electron chi connectivity index (χ2n) is 5.39. The molecule has 2 saturated carbocycles. The first-order valence-electron chi connectivity index (χ1n) is 6.61. The Kier molecular flexibility index (Phi) is 3.31. The highest BCUT2D eigenvalue weighted by atomic mass is 32.1. The van der Waals surface area contributed by atoms with Gasteiger partial charge in [-0.3, -0.25) is 9.59 Å². The van der Waals surface area contributed by atoms with E-state index in [1.807, 2.05) is 10.8 Å². The van der Waals surface area contributed by atoms with Crippen LogP contribution in [0.4, 0.5) is 0 Å². The van der Waals surface area contributed by atoms with Crippen LogP contribution in [0.5, 0.6) is 0 Å². The van der Waals surface area contributed by atoms with E-state index in [1.54, 1.807) is 6.07 Å². The second kappa shape index (κ2) is 4.96. The zero-order valence-corrected chi connectivity index (χ0v) is 11.6. The van der Waals surface area contributed by atoms with Gasteiger partial charge in [0, 0.05) is 17.0 Å². The van der Waals surface area contributed by atoms with E-state index in [-0.39, 0.29) is 23.8 Å². The molecule has 4 nitrogen and oxygen atoms in total. The molecule has 0 unspecified atom stereocenters. The number of hydrogen-bond acceptors (Lipinski definition) is 4. The molecule has 0 aromatic carbocycles. The summed E-state index contributed by atoms with van der Waals surface area (Å²) in [5.41, 5.74) is 0.677. The van der Waals surface area contributed by atoms with Crippen LogP contribution in [0.3, 0.4) is 0 Å². The molecule has 3 rings (SSSR count). The van der Waals surface area contributed by atoms with Crippen molar-refractivity contribution in [3.63, 3.8) is 0 Å². The highest BCUT2D eigenvalue weighted by Gasteiger charge is 2.52. The number of carbonyl (C=O) groups is 2. The van der Waals surface area contributed by atoms with Crippen molar-refractivity contribution in [3.05, 3.63) is 22.4 Å². The quantitative estimate of drug-likeness (QED) is 0.862. The Morgan fingerprint density at radius 3 is 2.84 bits per heavy atom. The fourth-order valence-corrected chi connectivity index (χ4v) is 4.24. The average molecular weight is 279 g/mol. The molecule has 1 heterocycles. The van der Waals surface area contributed by atoms with Crippen molar-refractivity contribution in [2.24, 2.45) is 17.8 Å². The van der Waals surface area contributed by atoms with Crippen LogP contribution < -0.4 is 5.32 Å². The van der Waals surface area contributed by atoms with Gasteiger partial charge in [0.15, 0.2) is 0 Å². The number of fused-ring (bicyclic) bond motifs is 2. The molecule has 2 bridgehead atoms. The summed E-state index contributed by atoms with van der Waals surface area (Å²) in [5.74, 6) is 0.392. The Labute approximate surface area is 116 Å². The minimum Gasteiger partial charge on any atom is -0.469 e. The van der Waals surface area contributed by atoms with Gasteiger partial charge in [0.25, 0.3) is 5.91 Å². The number of carbonyl (C=O) groups excluding carboxylic acids is 2. The average Bonchev–Trinajstić information content (AvgIpc) is 3.13. The molecule has 2 fully saturated rings. The summed E-state index contributed by atoms with van der Waals surface area (Å²) in [4.78, 5) is 24.0. The van der Waals surface area contributed by atoms with E-state index in [1.165, 1.54) is 18.4 Å². The minimum atomic E-state index is -0.178. The van der Waals surface area contributed by atoms with Crippen LogP contribution in [0.2, 0.25) is 0 Å². The van der Waals surface area contributed by atoms with Gasteiger partial charge in [0.2, 0.25) is 0 Å². The third-order valence-corrected chi connectivity index (χ3v) is 5.15. The van der Waals surface area contributed by atoms with Gasteiger partial charge in [-0.2, -0.15) is 11.3 Å². The van der Waals surface area contributed by atoms with Crippen molar-refractivity contribution in [2.45, 2.75) is 25.3 Å². The molecule has 4 atom stereocenters. The molecule has 2 aliphatic rings. The van der Waals surface area contributed by atoms with Gasteiger partial charge in [0.1, 0.15) is 0 Å². The van der Waals surface area contributed by atoms with Gasteiger partial charge >= 0.3 is 5.97 Å². The van der Waals surface area contributed by atoms with Gasteiger partial charge in [-0.15, -0.1) is 0 Å². The Morgan fingerprint density at radius 2 is 2.16 bits per heavy atom. The SMILES string of the molecule is COC(=O)[C@@H]1[C@H]2CC[C@@H](C2)[C@H]1NC(=O)c1ccsc1. The third kappa shape index (κ3) is 2.16. The van der Waals surface area contributed by atoms with Crippen molar-refractivity contribution in [1.82, 2.24) is 5.32 Å². The van der Waals surface area contributed by atoms with Gasteiger partial charge < -0.3 is 10.1 Å². The Morgan fingerprint density at radius 1 is 1.37 bits per heavy atom. The van der Waals surface area contributed by atoms with E-state index in [4.69, 9.17) is 4.74 Å². The molecule has 1 aromatic heterocycles. The number of thiophene rings is 1. The van der Waals surface area contributed by atoms with Crippen molar-refractivity contribution < 1.29 is 14.3 Å². The van der Waals surface area contributed by atoms with Crippen molar-refractivity contribution in [1.29, 1.82) is 0 Å². The van der Waals surface area contributed by atoms with Crippen LogP contribution in [0.1, 0.15) is 29.6 Å². The molecule has 1 amide bonds. The molecule has 1 aromatic rings. The van der Waals surface area contributed by atoms with Crippen LogP contribution in [-0.2, 0) is 9.53 Å². The van der Waals surface area contributed by atoms with Gasteiger partial charge in [-0.25, -0.2) is 0 Å². The van der Waals surface area contributed by atoms with Gasteiger partial charge in [0.05, 0.1) is 13.0 Å². The monoisotopic (exact) mass is 279 g/mol. The smallest absolute Gasteiger partial charge is 0.311 e. The normalized spacial score (nSPS) is 32.3. The van der Waals surface area contributed by atoms with Crippen LogP contribution >= 0.6 is 11.3 Å². The first kappa shape index (κ1) is 12.7. The first-order valence-corrected chi connectivity index (χ1v) is 7.56. The lowest BCUT2D eigenvalue weighted by Crippen LogP contribution is -2.47. The summed E-state index contributed by atoms with van der Waals surface area (Å²) < 4.78 is 4.90. The topological polar surface area (TPSA) is 55.4 Å². The number of methoxy groups -OCH3 is 1.